The van der Waals surface area contributed by atoms with Crippen molar-refractivity contribution in [3.63, 3.8) is 0 Å². The van der Waals surface area contributed by atoms with E-state index in [1.54, 1.807) is 22.9 Å². The number of aliphatic hydroxyl groups excluding tert-OH is 2. The van der Waals surface area contributed by atoms with E-state index in [-0.39, 0.29) is 25.4 Å². The van der Waals surface area contributed by atoms with Gasteiger partial charge in [0, 0.05) is 23.5 Å². The minimum Gasteiger partial charge on any atom is -0.457 e. The van der Waals surface area contributed by atoms with Gasteiger partial charge >= 0.3 is 0 Å². The van der Waals surface area contributed by atoms with Crippen LogP contribution in [0.2, 0.25) is 0 Å². The van der Waals surface area contributed by atoms with Crippen molar-refractivity contribution >= 4 is 16.8 Å². The van der Waals surface area contributed by atoms with Crippen molar-refractivity contribution in [2.75, 3.05) is 6.61 Å². The number of nitrogens with two attached hydrogens (primary N) is 1. The van der Waals surface area contributed by atoms with Gasteiger partial charge in [-0.05, 0) is 65.2 Å². The Morgan fingerprint density at radius 2 is 1.62 bits per heavy atom. The van der Waals surface area contributed by atoms with E-state index in [4.69, 9.17) is 10.5 Å². The molecule has 1 heterocycles. The molecule has 0 aliphatic carbocycles. The molecule has 1 aromatic heterocycles. The van der Waals surface area contributed by atoms with Gasteiger partial charge in [-0.15, -0.1) is 0 Å². The van der Waals surface area contributed by atoms with Crippen LogP contribution in [0.3, 0.4) is 0 Å². The molecule has 3 aromatic carbocycles. The number of hydrogen-bond acceptors (Lipinski definition) is 4. The summed E-state index contributed by atoms with van der Waals surface area (Å²) in [6.45, 7) is -0.321. The first-order valence-corrected chi connectivity index (χ1v) is 10.2. The standard InChI is InChI=1S/C25H23FN2O4/c26-19-4-8-22(9-5-19)32-21-6-1-16(2-7-21)17-3-10-24-23(12-17)18(11-20(30)15-29)13-28(24)14-25(27)31/h1-10,12-13,20,29-30H,11,14-15H2,(H2,27,31). The van der Waals surface area contributed by atoms with Gasteiger partial charge in [-0.25, -0.2) is 4.39 Å². The lowest BCUT2D eigenvalue weighted by Crippen LogP contribution is -2.18. The normalized spacial score (nSPS) is 12.1. The van der Waals surface area contributed by atoms with Crippen LogP contribution in [-0.2, 0) is 17.8 Å². The molecule has 32 heavy (non-hydrogen) atoms. The number of ether oxygens (including phenoxy) is 1. The molecule has 0 aliphatic rings. The third-order valence-corrected chi connectivity index (χ3v) is 5.19. The Hall–Kier alpha value is -3.68. The third-order valence-electron chi connectivity index (χ3n) is 5.19. The summed E-state index contributed by atoms with van der Waals surface area (Å²) in [6, 6.07) is 19.2. The number of aliphatic hydroxyl groups is 2. The van der Waals surface area contributed by atoms with Gasteiger partial charge in [-0.2, -0.15) is 0 Å². The SMILES string of the molecule is NC(=O)Cn1cc(CC(O)CO)c2cc(-c3ccc(Oc4ccc(F)cc4)cc3)ccc21. The van der Waals surface area contributed by atoms with Gasteiger partial charge in [-0.3, -0.25) is 4.79 Å². The molecule has 4 rings (SSSR count). The zero-order valence-electron chi connectivity index (χ0n) is 17.2. The van der Waals surface area contributed by atoms with E-state index in [9.17, 15) is 19.4 Å². The van der Waals surface area contributed by atoms with Crippen molar-refractivity contribution in [3.05, 3.63) is 84.3 Å². The minimum atomic E-state index is -0.894. The van der Waals surface area contributed by atoms with Crippen LogP contribution in [0, 0.1) is 5.82 Å². The molecule has 4 aromatic rings. The number of primary amides is 1. The second-order valence-corrected chi connectivity index (χ2v) is 7.60. The maximum Gasteiger partial charge on any atom is 0.237 e. The molecule has 1 atom stereocenters. The molecule has 0 saturated heterocycles. The van der Waals surface area contributed by atoms with Crippen LogP contribution < -0.4 is 10.5 Å². The summed E-state index contributed by atoms with van der Waals surface area (Å²) in [7, 11) is 0. The van der Waals surface area contributed by atoms with Crippen LogP contribution in [0.5, 0.6) is 11.5 Å². The van der Waals surface area contributed by atoms with Gasteiger partial charge in [0.15, 0.2) is 0 Å². The molecule has 164 valence electrons. The fraction of sp³-hybridized carbons (Fsp3) is 0.160. The van der Waals surface area contributed by atoms with Crippen molar-refractivity contribution in [1.29, 1.82) is 0 Å². The van der Waals surface area contributed by atoms with Crippen molar-refractivity contribution in [3.8, 4) is 22.6 Å². The molecule has 0 fully saturated rings. The van der Waals surface area contributed by atoms with E-state index in [0.29, 0.717) is 11.5 Å². The minimum absolute atomic E-state index is 0.0283. The first-order chi connectivity index (χ1) is 15.4. The van der Waals surface area contributed by atoms with E-state index in [0.717, 1.165) is 27.6 Å². The summed E-state index contributed by atoms with van der Waals surface area (Å²) in [4.78, 5) is 11.4. The highest BCUT2D eigenvalue weighted by Gasteiger charge is 2.14. The van der Waals surface area contributed by atoms with Crippen LogP contribution in [0.1, 0.15) is 5.56 Å². The summed E-state index contributed by atoms with van der Waals surface area (Å²) in [6.07, 6.45) is 1.15. The maximum atomic E-state index is 13.1. The molecule has 6 nitrogen and oxygen atoms in total. The molecular formula is C25H23FN2O4. The van der Waals surface area contributed by atoms with Gasteiger partial charge in [-0.1, -0.05) is 18.2 Å². The van der Waals surface area contributed by atoms with Gasteiger partial charge in [0.25, 0.3) is 0 Å². The first kappa shape index (κ1) is 21.5. The van der Waals surface area contributed by atoms with E-state index in [2.05, 4.69) is 0 Å². The number of aromatic nitrogens is 1. The van der Waals surface area contributed by atoms with Gasteiger partial charge in [0.05, 0.1) is 12.7 Å². The smallest absolute Gasteiger partial charge is 0.237 e. The zero-order valence-corrected chi connectivity index (χ0v) is 17.2. The molecule has 0 radical (unpaired) electrons. The van der Waals surface area contributed by atoms with E-state index in [1.165, 1.54) is 12.1 Å². The summed E-state index contributed by atoms with van der Waals surface area (Å²) < 4.78 is 20.5. The lowest BCUT2D eigenvalue weighted by atomic mass is 10.0. The number of hydrogen-bond donors (Lipinski definition) is 3. The van der Waals surface area contributed by atoms with Crippen molar-refractivity contribution in [2.45, 2.75) is 19.1 Å². The monoisotopic (exact) mass is 434 g/mol. The van der Waals surface area contributed by atoms with Crippen LogP contribution in [0.15, 0.2) is 72.9 Å². The highest BCUT2D eigenvalue weighted by molar-refractivity contribution is 5.90. The molecular weight excluding hydrogens is 411 g/mol. The van der Waals surface area contributed by atoms with Crippen LogP contribution in [0.4, 0.5) is 4.39 Å². The van der Waals surface area contributed by atoms with E-state index in [1.807, 2.05) is 42.5 Å². The van der Waals surface area contributed by atoms with Gasteiger partial charge in [0.1, 0.15) is 23.9 Å². The number of carbonyl (C=O) groups is 1. The molecule has 0 saturated carbocycles. The Balaban J connectivity index is 1.64. The fourth-order valence-corrected chi connectivity index (χ4v) is 3.68. The third kappa shape index (κ3) is 4.80. The highest BCUT2D eigenvalue weighted by atomic mass is 19.1. The Bertz CT molecular complexity index is 1230. The summed E-state index contributed by atoms with van der Waals surface area (Å²) in [5.41, 5.74) is 8.91. The lowest BCUT2D eigenvalue weighted by Gasteiger charge is -2.09. The van der Waals surface area contributed by atoms with E-state index >= 15 is 0 Å². The average molecular weight is 434 g/mol. The second kappa shape index (κ2) is 9.21. The predicted molar refractivity (Wildman–Crippen MR) is 120 cm³/mol. The Morgan fingerprint density at radius 3 is 2.25 bits per heavy atom. The molecule has 7 heteroatoms. The van der Waals surface area contributed by atoms with Crippen LogP contribution in [-0.4, -0.2) is 33.4 Å². The predicted octanol–water partition coefficient (Wildman–Crippen LogP) is 3.62. The largest absolute Gasteiger partial charge is 0.457 e. The first-order valence-electron chi connectivity index (χ1n) is 10.2. The number of nitrogens with zero attached hydrogens (tertiary/aromatic N) is 1. The summed E-state index contributed by atoms with van der Waals surface area (Å²) >= 11 is 0. The number of amides is 1. The van der Waals surface area contributed by atoms with Crippen molar-refractivity contribution in [2.24, 2.45) is 5.73 Å². The quantitative estimate of drug-likeness (QED) is 0.395. The van der Waals surface area contributed by atoms with Crippen molar-refractivity contribution < 1.29 is 24.1 Å². The number of halogens is 1. The van der Waals surface area contributed by atoms with Crippen LogP contribution >= 0.6 is 0 Å². The second-order valence-electron chi connectivity index (χ2n) is 7.60. The van der Waals surface area contributed by atoms with E-state index < -0.39 is 12.0 Å². The molecule has 1 unspecified atom stereocenters. The molecule has 4 N–H and O–H groups in total. The fourth-order valence-electron chi connectivity index (χ4n) is 3.68. The molecule has 0 aliphatic heterocycles. The lowest BCUT2D eigenvalue weighted by molar-refractivity contribution is -0.118. The number of benzene rings is 3. The Morgan fingerprint density at radius 1 is 1.00 bits per heavy atom. The van der Waals surface area contributed by atoms with Gasteiger partial charge < -0.3 is 25.3 Å². The zero-order chi connectivity index (χ0) is 22.7. The number of rotatable bonds is 8. The van der Waals surface area contributed by atoms with Crippen molar-refractivity contribution in [1.82, 2.24) is 4.57 Å². The Labute approximate surface area is 184 Å². The van der Waals surface area contributed by atoms with Crippen LogP contribution in [0.25, 0.3) is 22.0 Å². The topological polar surface area (TPSA) is 97.7 Å². The molecule has 0 bridgehead atoms. The molecule has 1 amide bonds. The number of fused-ring (bicyclic) bond motifs is 1. The Kier molecular flexibility index (Phi) is 6.20. The maximum absolute atomic E-state index is 13.1. The highest BCUT2D eigenvalue weighted by Crippen LogP contribution is 2.31. The summed E-state index contributed by atoms with van der Waals surface area (Å²) in [5.74, 6) is 0.389. The average Bonchev–Trinajstić information content (AvgIpc) is 3.11. The number of carbonyl (C=O) groups excluding carboxylic acids is 1. The summed E-state index contributed by atoms with van der Waals surface area (Å²) in [5, 5.41) is 20.0. The molecule has 0 spiro atoms. The van der Waals surface area contributed by atoms with Gasteiger partial charge in [0.2, 0.25) is 5.91 Å².